The minimum atomic E-state index is -0.0727. The molecule has 0 spiro atoms. The minimum absolute atomic E-state index is 0.0727. The van der Waals surface area contributed by atoms with Crippen LogP contribution in [0, 0.1) is 5.41 Å². The van der Waals surface area contributed by atoms with E-state index in [-0.39, 0.29) is 5.41 Å². The highest BCUT2D eigenvalue weighted by Gasteiger charge is 2.42. The Hall–Kier alpha value is -0.220. The fourth-order valence-corrected chi connectivity index (χ4v) is 3.73. The maximum Gasteiger partial charge on any atom is 0.230 e. The second kappa shape index (κ2) is 5.41. The Morgan fingerprint density at radius 2 is 2.19 bits per heavy atom. The number of carbonyl (C=O) groups excluding carboxylic acids is 1. The standard InChI is InChI=1S/C12H22N2OS/c1-2-3-12(4-5-13-10-12)11(15)14-6-8-16-9-7-14/h13H,2-10H2,1H3. The van der Waals surface area contributed by atoms with E-state index in [1.807, 2.05) is 11.8 Å². The number of thioether (sulfide) groups is 1. The lowest BCUT2D eigenvalue weighted by Gasteiger charge is -2.35. The zero-order valence-electron chi connectivity index (χ0n) is 10.1. The summed E-state index contributed by atoms with van der Waals surface area (Å²) in [5.41, 5.74) is -0.0727. The second-order valence-electron chi connectivity index (χ2n) is 4.86. The fraction of sp³-hybridized carbons (Fsp3) is 0.917. The molecular formula is C12H22N2OS. The molecule has 1 unspecified atom stereocenters. The Labute approximate surface area is 102 Å². The molecule has 2 aliphatic rings. The molecule has 1 amide bonds. The monoisotopic (exact) mass is 242 g/mol. The van der Waals surface area contributed by atoms with Crippen LogP contribution in [0.4, 0.5) is 0 Å². The van der Waals surface area contributed by atoms with Crippen molar-refractivity contribution in [2.24, 2.45) is 5.41 Å². The van der Waals surface area contributed by atoms with Crippen molar-refractivity contribution in [3.63, 3.8) is 0 Å². The van der Waals surface area contributed by atoms with Gasteiger partial charge in [-0.3, -0.25) is 4.79 Å². The van der Waals surface area contributed by atoms with Gasteiger partial charge in [0.25, 0.3) is 0 Å². The van der Waals surface area contributed by atoms with Crippen LogP contribution in [-0.2, 0) is 4.79 Å². The molecule has 1 atom stereocenters. The predicted octanol–water partition coefficient (Wildman–Crippen LogP) is 1.34. The first-order chi connectivity index (χ1) is 7.78. The van der Waals surface area contributed by atoms with Crippen LogP contribution in [0.1, 0.15) is 26.2 Å². The van der Waals surface area contributed by atoms with Crippen LogP contribution in [0.25, 0.3) is 0 Å². The van der Waals surface area contributed by atoms with E-state index in [2.05, 4.69) is 17.1 Å². The third-order valence-corrected chi connectivity index (χ3v) is 4.67. The van der Waals surface area contributed by atoms with Gasteiger partial charge in [0.15, 0.2) is 0 Å². The first-order valence-corrected chi connectivity index (χ1v) is 7.52. The van der Waals surface area contributed by atoms with E-state index >= 15 is 0 Å². The summed E-state index contributed by atoms with van der Waals surface area (Å²) < 4.78 is 0. The van der Waals surface area contributed by atoms with Crippen LogP contribution in [0.2, 0.25) is 0 Å². The largest absolute Gasteiger partial charge is 0.341 e. The van der Waals surface area contributed by atoms with Crippen LogP contribution in [-0.4, -0.2) is 48.5 Å². The molecule has 2 saturated heterocycles. The normalized spacial score (nSPS) is 30.7. The summed E-state index contributed by atoms with van der Waals surface area (Å²) in [6.45, 7) is 5.99. The van der Waals surface area contributed by atoms with Gasteiger partial charge in [-0.2, -0.15) is 11.8 Å². The summed E-state index contributed by atoms with van der Waals surface area (Å²) in [5.74, 6) is 2.64. The Kier molecular flexibility index (Phi) is 4.14. The SMILES string of the molecule is CCCC1(C(=O)N2CCSCC2)CCNC1. The topological polar surface area (TPSA) is 32.3 Å². The highest BCUT2D eigenvalue weighted by atomic mass is 32.2. The molecule has 0 aromatic carbocycles. The molecular weight excluding hydrogens is 220 g/mol. The maximum atomic E-state index is 12.6. The van der Waals surface area contributed by atoms with Crippen molar-refractivity contribution in [1.82, 2.24) is 10.2 Å². The third kappa shape index (κ3) is 2.38. The highest BCUT2D eigenvalue weighted by molar-refractivity contribution is 7.99. The van der Waals surface area contributed by atoms with Gasteiger partial charge in [-0.05, 0) is 19.4 Å². The molecule has 1 N–H and O–H groups in total. The Bertz CT molecular complexity index is 245. The molecule has 2 fully saturated rings. The van der Waals surface area contributed by atoms with Gasteiger partial charge >= 0.3 is 0 Å². The molecule has 0 bridgehead atoms. The molecule has 2 heterocycles. The molecule has 92 valence electrons. The lowest BCUT2D eigenvalue weighted by molar-refractivity contribution is -0.141. The number of amides is 1. The van der Waals surface area contributed by atoms with E-state index in [0.717, 1.165) is 56.9 Å². The van der Waals surface area contributed by atoms with Crippen LogP contribution < -0.4 is 5.32 Å². The number of nitrogens with zero attached hydrogens (tertiary/aromatic N) is 1. The number of hydrogen-bond acceptors (Lipinski definition) is 3. The molecule has 0 aromatic rings. The van der Waals surface area contributed by atoms with Crippen molar-refractivity contribution in [2.75, 3.05) is 37.7 Å². The average Bonchev–Trinajstić information content (AvgIpc) is 2.80. The molecule has 3 nitrogen and oxygen atoms in total. The van der Waals surface area contributed by atoms with Gasteiger partial charge in [-0.25, -0.2) is 0 Å². The van der Waals surface area contributed by atoms with Gasteiger partial charge in [-0.15, -0.1) is 0 Å². The van der Waals surface area contributed by atoms with Gasteiger partial charge in [0.05, 0.1) is 5.41 Å². The second-order valence-corrected chi connectivity index (χ2v) is 6.09. The van der Waals surface area contributed by atoms with E-state index in [1.54, 1.807) is 0 Å². The third-order valence-electron chi connectivity index (χ3n) is 3.72. The summed E-state index contributed by atoms with van der Waals surface area (Å²) >= 11 is 1.96. The van der Waals surface area contributed by atoms with Gasteiger partial charge in [-0.1, -0.05) is 13.3 Å². The molecule has 4 heteroatoms. The smallest absolute Gasteiger partial charge is 0.230 e. The Morgan fingerprint density at radius 3 is 2.75 bits per heavy atom. The quantitative estimate of drug-likeness (QED) is 0.810. The van der Waals surface area contributed by atoms with E-state index in [1.165, 1.54) is 0 Å². The summed E-state index contributed by atoms with van der Waals surface area (Å²) in [5, 5.41) is 3.37. The summed E-state index contributed by atoms with van der Waals surface area (Å²) in [4.78, 5) is 14.7. The van der Waals surface area contributed by atoms with Gasteiger partial charge < -0.3 is 10.2 Å². The molecule has 0 aliphatic carbocycles. The number of carbonyl (C=O) groups is 1. The first-order valence-electron chi connectivity index (χ1n) is 6.36. The minimum Gasteiger partial charge on any atom is -0.341 e. The molecule has 0 aromatic heterocycles. The Balaban J connectivity index is 2.04. The van der Waals surface area contributed by atoms with Crippen molar-refractivity contribution >= 4 is 17.7 Å². The zero-order chi connectivity index (χ0) is 11.4. The molecule has 16 heavy (non-hydrogen) atoms. The number of nitrogens with one attached hydrogen (secondary N) is 1. The first kappa shape index (κ1) is 12.2. The van der Waals surface area contributed by atoms with Crippen molar-refractivity contribution in [1.29, 1.82) is 0 Å². The molecule has 2 rings (SSSR count). The Morgan fingerprint density at radius 1 is 1.44 bits per heavy atom. The zero-order valence-corrected chi connectivity index (χ0v) is 10.9. The molecule has 2 aliphatic heterocycles. The van der Waals surface area contributed by atoms with Crippen molar-refractivity contribution in [3.8, 4) is 0 Å². The fourth-order valence-electron chi connectivity index (χ4n) is 2.83. The van der Waals surface area contributed by atoms with Crippen molar-refractivity contribution in [2.45, 2.75) is 26.2 Å². The van der Waals surface area contributed by atoms with Gasteiger partial charge in [0.2, 0.25) is 5.91 Å². The van der Waals surface area contributed by atoms with Gasteiger partial charge in [0.1, 0.15) is 0 Å². The van der Waals surface area contributed by atoms with E-state index < -0.39 is 0 Å². The van der Waals surface area contributed by atoms with Crippen LogP contribution >= 0.6 is 11.8 Å². The van der Waals surface area contributed by atoms with Crippen molar-refractivity contribution in [3.05, 3.63) is 0 Å². The number of hydrogen-bond donors (Lipinski definition) is 1. The predicted molar refractivity (Wildman–Crippen MR) is 68.7 cm³/mol. The van der Waals surface area contributed by atoms with Crippen LogP contribution in [0.15, 0.2) is 0 Å². The summed E-state index contributed by atoms with van der Waals surface area (Å²) in [6, 6.07) is 0. The number of rotatable bonds is 3. The van der Waals surface area contributed by atoms with E-state index in [9.17, 15) is 4.79 Å². The molecule has 0 radical (unpaired) electrons. The van der Waals surface area contributed by atoms with Crippen LogP contribution in [0.5, 0.6) is 0 Å². The molecule has 0 saturated carbocycles. The van der Waals surface area contributed by atoms with E-state index in [0.29, 0.717) is 5.91 Å². The van der Waals surface area contributed by atoms with Gasteiger partial charge in [0, 0.05) is 31.1 Å². The highest BCUT2D eigenvalue weighted by Crippen LogP contribution is 2.34. The summed E-state index contributed by atoms with van der Waals surface area (Å²) in [7, 11) is 0. The van der Waals surface area contributed by atoms with Crippen molar-refractivity contribution < 1.29 is 4.79 Å². The lowest BCUT2D eigenvalue weighted by atomic mass is 9.81. The van der Waals surface area contributed by atoms with E-state index in [4.69, 9.17) is 0 Å². The maximum absolute atomic E-state index is 12.6. The lowest BCUT2D eigenvalue weighted by Crippen LogP contribution is -2.48. The summed E-state index contributed by atoms with van der Waals surface area (Å²) in [6.07, 6.45) is 3.18. The van der Waals surface area contributed by atoms with Crippen LogP contribution in [0.3, 0.4) is 0 Å². The average molecular weight is 242 g/mol.